The second-order valence-corrected chi connectivity index (χ2v) is 3.57. The van der Waals surface area contributed by atoms with Crippen molar-refractivity contribution >= 4 is 11.9 Å². The van der Waals surface area contributed by atoms with Gasteiger partial charge in [0.25, 0.3) is 0 Å². The van der Waals surface area contributed by atoms with Crippen LogP contribution in [0.15, 0.2) is 0 Å². The summed E-state index contributed by atoms with van der Waals surface area (Å²) in [6.07, 6.45) is 1.16. The van der Waals surface area contributed by atoms with Gasteiger partial charge in [-0.2, -0.15) is 4.98 Å². The quantitative estimate of drug-likeness (QED) is 0.745. The number of nitrogens with two attached hydrogens (primary N) is 1. The lowest BCUT2D eigenvalue weighted by atomic mass is 10.1. The monoisotopic (exact) mass is 197 g/mol. The molecule has 1 aromatic heterocycles. The first-order valence-corrected chi connectivity index (χ1v) is 5.10. The molecule has 80 valence electrons. The van der Waals surface area contributed by atoms with Gasteiger partial charge in [0.1, 0.15) is 0 Å². The Bertz CT molecular complexity index is 270. The molecule has 0 spiro atoms. The third-order valence-electron chi connectivity index (χ3n) is 2.38. The van der Waals surface area contributed by atoms with Gasteiger partial charge in [-0.3, -0.25) is 0 Å². The van der Waals surface area contributed by atoms with Gasteiger partial charge in [0.15, 0.2) is 0 Å². The molecule has 0 saturated carbocycles. The van der Waals surface area contributed by atoms with E-state index >= 15 is 0 Å². The number of hydrogen-bond acceptors (Lipinski definition) is 4. The minimum atomic E-state index is 0.377. The summed E-state index contributed by atoms with van der Waals surface area (Å²) in [5, 5.41) is 6.69. The van der Waals surface area contributed by atoms with Crippen molar-refractivity contribution in [1.29, 1.82) is 0 Å². The number of hydrogen-bond donors (Lipinski definition) is 2. The van der Waals surface area contributed by atoms with Crippen LogP contribution in [0.4, 0.5) is 11.9 Å². The van der Waals surface area contributed by atoms with Crippen LogP contribution in [0.2, 0.25) is 0 Å². The normalized spacial score (nSPS) is 12.8. The topological polar surface area (TPSA) is 70.8 Å². The van der Waals surface area contributed by atoms with Crippen LogP contribution in [0.1, 0.15) is 27.2 Å². The summed E-state index contributed by atoms with van der Waals surface area (Å²) in [6, 6.07) is 0. The third kappa shape index (κ3) is 2.61. The standard InChI is InChI=1S/C9H19N5/c1-4-7(3)6-14(5-2)9-11-8(10)12-13-9/h7H,4-6H2,1-3H3,(H3,10,11,12,13). The van der Waals surface area contributed by atoms with E-state index < -0.39 is 0 Å². The molecule has 1 atom stereocenters. The number of nitrogens with one attached hydrogen (secondary N) is 1. The van der Waals surface area contributed by atoms with E-state index in [-0.39, 0.29) is 0 Å². The smallest absolute Gasteiger partial charge is 0.246 e. The maximum atomic E-state index is 5.48. The van der Waals surface area contributed by atoms with Gasteiger partial charge in [0.2, 0.25) is 11.9 Å². The van der Waals surface area contributed by atoms with Crippen molar-refractivity contribution in [3.8, 4) is 0 Å². The van der Waals surface area contributed by atoms with E-state index in [9.17, 15) is 0 Å². The molecule has 14 heavy (non-hydrogen) atoms. The second kappa shape index (κ2) is 4.83. The Balaban J connectivity index is 2.62. The fourth-order valence-corrected chi connectivity index (χ4v) is 1.26. The van der Waals surface area contributed by atoms with Crippen LogP contribution in [-0.2, 0) is 0 Å². The minimum Gasteiger partial charge on any atom is -0.368 e. The Hall–Kier alpha value is -1.26. The van der Waals surface area contributed by atoms with E-state index in [1.165, 1.54) is 0 Å². The lowest BCUT2D eigenvalue weighted by molar-refractivity contribution is 0.543. The molecule has 0 amide bonds. The average molecular weight is 197 g/mol. The predicted octanol–water partition coefficient (Wildman–Crippen LogP) is 1.26. The lowest BCUT2D eigenvalue weighted by Gasteiger charge is -2.22. The average Bonchev–Trinajstić information content (AvgIpc) is 2.60. The van der Waals surface area contributed by atoms with E-state index in [4.69, 9.17) is 5.73 Å². The van der Waals surface area contributed by atoms with Gasteiger partial charge in [-0.15, -0.1) is 5.10 Å². The largest absolute Gasteiger partial charge is 0.368 e. The Labute approximate surface area is 84.7 Å². The van der Waals surface area contributed by atoms with Gasteiger partial charge < -0.3 is 10.6 Å². The fourth-order valence-electron chi connectivity index (χ4n) is 1.26. The van der Waals surface area contributed by atoms with Gasteiger partial charge in [-0.05, 0) is 12.8 Å². The van der Waals surface area contributed by atoms with Crippen molar-refractivity contribution in [1.82, 2.24) is 15.2 Å². The summed E-state index contributed by atoms with van der Waals surface area (Å²) in [6.45, 7) is 8.38. The number of rotatable bonds is 5. The van der Waals surface area contributed by atoms with Crippen LogP contribution in [0.5, 0.6) is 0 Å². The molecule has 1 aromatic rings. The van der Waals surface area contributed by atoms with Crippen LogP contribution in [0.25, 0.3) is 0 Å². The highest BCUT2D eigenvalue weighted by molar-refractivity contribution is 5.33. The Morgan fingerprint density at radius 3 is 2.64 bits per heavy atom. The van der Waals surface area contributed by atoms with Crippen molar-refractivity contribution in [3.63, 3.8) is 0 Å². The van der Waals surface area contributed by atoms with Gasteiger partial charge >= 0.3 is 0 Å². The van der Waals surface area contributed by atoms with Crippen molar-refractivity contribution in [2.75, 3.05) is 23.7 Å². The highest BCUT2D eigenvalue weighted by Gasteiger charge is 2.11. The molecule has 1 heterocycles. The molecule has 1 rings (SSSR count). The number of aromatic nitrogens is 3. The Morgan fingerprint density at radius 2 is 2.21 bits per heavy atom. The van der Waals surface area contributed by atoms with Crippen LogP contribution < -0.4 is 10.6 Å². The van der Waals surface area contributed by atoms with Gasteiger partial charge in [-0.25, -0.2) is 5.10 Å². The first-order valence-electron chi connectivity index (χ1n) is 5.10. The molecule has 1 unspecified atom stereocenters. The SMILES string of the molecule is CCC(C)CN(CC)c1n[nH]c(N)n1. The molecule has 0 bridgehead atoms. The van der Waals surface area contributed by atoms with Crippen molar-refractivity contribution < 1.29 is 0 Å². The number of nitrogen functional groups attached to an aromatic ring is 1. The predicted molar refractivity (Wildman–Crippen MR) is 58.1 cm³/mol. The summed E-state index contributed by atoms with van der Waals surface area (Å²) in [4.78, 5) is 6.23. The van der Waals surface area contributed by atoms with Crippen LogP contribution in [-0.4, -0.2) is 28.3 Å². The van der Waals surface area contributed by atoms with Crippen LogP contribution in [0.3, 0.4) is 0 Å². The number of nitrogens with zero attached hydrogens (tertiary/aromatic N) is 3. The fraction of sp³-hybridized carbons (Fsp3) is 0.778. The highest BCUT2D eigenvalue weighted by Crippen LogP contribution is 2.11. The number of anilines is 2. The molecule has 0 aliphatic carbocycles. The zero-order valence-electron chi connectivity index (χ0n) is 9.12. The summed E-state index contributed by atoms with van der Waals surface area (Å²) < 4.78 is 0. The lowest BCUT2D eigenvalue weighted by Crippen LogP contribution is -2.29. The molecule has 0 radical (unpaired) electrons. The number of H-pyrrole nitrogens is 1. The summed E-state index contributed by atoms with van der Waals surface area (Å²) in [5.41, 5.74) is 5.48. The molecule has 0 aliphatic heterocycles. The Kier molecular flexibility index (Phi) is 3.73. The third-order valence-corrected chi connectivity index (χ3v) is 2.38. The molecule has 5 nitrogen and oxygen atoms in total. The Morgan fingerprint density at radius 1 is 1.50 bits per heavy atom. The van der Waals surface area contributed by atoms with Crippen molar-refractivity contribution in [2.45, 2.75) is 27.2 Å². The molecule has 0 fully saturated rings. The molecular weight excluding hydrogens is 178 g/mol. The van der Waals surface area contributed by atoms with Crippen molar-refractivity contribution in [3.05, 3.63) is 0 Å². The van der Waals surface area contributed by atoms with Crippen LogP contribution >= 0.6 is 0 Å². The van der Waals surface area contributed by atoms with E-state index in [0.29, 0.717) is 17.8 Å². The minimum absolute atomic E-state index is 0.377. The first-order chi connectivity index (χ1) is 6.67. The summed E-state index contributed by atoms with van der Waals surface area (Å²) in [5.74, 6) is 1.72. The van der Waals surface area contributed by atoms with E-state index in [1.807, 2.05) is 0 Å². The summed E-state index contributed by atoms with van der Waals surface area (Å²) in [7, 11) is 0. The second-order valence-electron chi connectivity index (χ2n) is 3.57. The number of aromatic amines is 1. The van der Waals surface area contributed by atoms with E-state index in [1.54, 1.807) is 0 Å². The molecule has 5 heteroatoms. The van der Waals surface area contributed by atoms with Crippen molar-refractivity contribution in [2.24, 2.45) is 5.92 Å². The zero-order valence-corrected chi connectivity index (χ0v) is 9.12. The molecule has 3 N–H and O–H groups in total. The van der Waals surface area contributed by atoms with E-state index in [0.717, 1.165) is 19.5 Å². The van der Waals surface area contributed by atoms with Gasteiger partial charge in [-0.1, -0.05) is 20.3 Å². The maximum absolute atomic E-state index is 5.48. The zero-order chi connectivity index (χ0) is 10.6. The maximum Gasteiger partial charge on any atom is 0.246 e. The van der Waals surface area contributed by atoms with Gasteiger partial charge in [0, 0.05) is 13.1 Å². The highest BCUT2D eigenvalue weighted by atomic mass is 15.4. The van der Waals surface area contributed by atoms with E-state index in [2.05, 4.69) is 40.9 Å². The summed E-state index contributed by atoms with van der Waals surface area (Å²) >= 11 is 0. The molecule has 0 aliphatic rings. The first kappa shape index (κ1) is 10.8. The van der Waals surface area contributed by atoms with Crippen LogP contribution in [0, 0.1) is 5.92 Å². The molecule has 0 aromatic carbocycles. The molecule has 0 saturated heterocycles. The van der Waals surface area contributed by atoms with Gasteiger partial charge in [0.05, 0.1) is 0 Å². The molecular formula is C9H19N5.